The van der Waals surface area contributed by atoms with Gasteiger partial charge in [0.05, 0.1) is 23.9 Å². The first-order chi connectivity index (χ1) is 11.8. The molecule has 1 aliphatic rings. The molecule has 0 atom stereocenters. The van der Waals surface area contributed by atoms with Crippen LogP contribution in [0.25, 0.3) is 27.0 Å². The van der Waals surface area contributed by atoms with Gasteiger partial charge in [0.25, 0.3) is 0 Å². The number of thiazole rings is 1. The minimum atomic E-state index is 0.395. The molecular formula is C20H15N3S. The van der Waals surface area contributed by atoms with Crippen LogP contribution in [0.2, 0.25) is 0 Å². The van der Waals surface area contributed by atoms with Crippen molar-refractivity contribution in [1.82, 2.24) is 9.38 Å². The van der Waals surface area contributed by atoms with E-state index in [1.807, 2.05) is 0 Å². The van der Waals surface area contributed by atoms with Crippen LogP contribution in [0.4, 0.5) is 0 Å². The second-order valence-electron chi connectivity index (χ2n) is 6.25. The van der Waals surface area contributed by atoms with E-state index in [9.17, 15) is 5.26 Å². The van der Waals surface area contributed by atoms with E-state index in [0.29, 0.717) is 6.42 Å². The van der Waals surface area contributed by atoms with Crippen LogP contribution in [0.5, 0.6) is 0 Å². The van der Waals surface area contributed by atoms with Crippen LogP contribution in [0.15, 0.2) is 42.5 Å². The molecular weight excluding hydrogens is 314 g/mol. The molecule has 0 amide bonds. The van der Waals surface area contributed by atoms with Gasteiger partial charge in [-0.25, -0.2) is 4.98 Å². The Labute approximate surface area is 143 Å². The zero-order valence-electron chi connectivity index (χ0n) is 13.1. The third-order valence-electron chi connectivity index (χ3n) is 4.84. The fourth-order valence-corrected chi connectivity index (χ4v) is 4.97. The lowest BCUT2D eigenvalue weighted by molar-refractivity contribution is 0.877. The molecule has 0 saturated heterocycles. The van der Waals surface area contributed by atoms with Gasteiger partial charge in [-0.05, 0) is 36.1 Å². The van der Waals surface area contributed by atoms with E-state index in [-0.39, 0.29) is 0 Å². The second-order valence-corrected chi connectivity index (χ2v) is 7.31. The Bertz CT molecular complexity index is 1130. The summed E-state index contributed by atoms with van der Waals surface area (Å²) in [5.74, 6) is 0. The number of nitriles is 1. The van der Waals surface area contributed by atoms with Gasteiger partial charge in [0.2, 0.25) is 0 Å². The maximum Gasteiger partial charge on any atom is 0.194 e. The number of aromatic nitrogens is 2. The summed E-state index contributed by atoms with van der Waals surface area (Å²) in [6, 6.07) is 17.1. The summed E-state index contributed by atoms with van der Waals surface area (Å²) >= 11 is 1.79. The fraction of sp³-hybridized carbons (Fsp3) is 0.200. The highest BCUT2D eigenvalue weighted by Gasteiger charge is 2.24. The van der Waals surface area contributed by atoms with Crippen molar-refractivity contribution in [2.45, 2.75) is 25.7 Å². The van der Waals surface area contributed by atoms with E-state index < -0.39 is 0 Å². The van der Waals surface area contributed by atoms with Crippen molar-refractivity contribution in [2.75, 3.05) is 0 Å². The van der Waals surface area contributed by atoms with Crippen molar-refractivity contribution in [3.63, 3.8) is 0 Å². The number of hydrogen-bond donors (Lipinski definition) is 0. The van der Waals surface area contributed by atoms with E-state index in [4.69, 9.17) is 4.98 Å². The van der Waals surface area contributed by atoms with Gasteiger partial charge in [-0.2, -0.15) is 5.26 Å². The van der Waals surface area contributed by atoms with Gasteiger partial charge < -0.3 is 0 Å². The molecule has 2 heterocycles. The third kappa shape index (κ3) is 1.92. The van der Waals surface area contributed by atoms with E-state index >= 15 is 0 Å². The summed E-state index contributed by atoms with van der Waals surface area (Å²) in [5, 5.41) is 11.8. The first-order valence-electron chi connectivity index (χ1n) is 8.23. The Hall–Kier alpha value is -2.64. The van der Waals surface area contributed by atoms with Crippen LogP contribution in [-0.4, -0.2) is 9.38 Å². The van der Waals surface area contributed by atoms with Gasteiger partial charge in [0.1, 0.15) is 0 Å². The van der Waals surface area contributed by atoms with Crippen LogP contribution in [0.3, 0.4) is 0 Å². The van der Waals surface area contributed by atoms with E-state index in [1.54, 1.807) is 11.3 Å². The van der Waals surface area contributed by atoms with Crippen LogP contribution >= 0.6 is 11.3 Å². The molecule has 4 heteroatoms. The van der Waals surface area contributed by atoms with Crippen LogP contribution in [0, 0.1) is 11.3 Å². The topological polar surface area (TPSA) is 41.1 Å². The standard InChI is InChI=1S/C20H15N3S/c21-11-10-17-19(15-9-8-13-4-1-2-5-14(13)12-15)22-20-23(17)16-6-3-7-18(16)24-20/h1-2,4-5,8-9,12H,3,6-7,10H2. The summed E-state index contributed by atoms with van der Waals surface area (Å²) in [5.41, 5.74) is 4.48. The summed E-state index contributed by atoms with van der Waals surface area (Å²) < 4.78 is 2.25. The van der Waals surface area contributed by atoms with Gasteiger partial charge in [-0.1, -0.05) is 36.4 Å². The zero-order chi connectivity index (χ0) is 16.1. The molecule has 3 nitrogen and oxygen atoms in total. The molecule has 24 heavy (non-hydrogen) atoms. The molecule has 5 rings (SSSR count). The van der Waals surface area contributed by atoms with E-state index in [0.717, 1.165) is 34.8 Å². The molecule has 116 valence electrons. The van der Waals surface area contributed by atoms with E-state index in [1.165, 1.54) is 27.8 Å². The predicted octanol–water partition coefficient (Wildman–Crippen LogP) is 4.77. The SMILES string of the molecule is N#CCc1c(-c2ccc3ccccc3c2)nc2sc3c(n12)CCC3. The number of rotatable bonds is 2. The fourth-order valence-electron chi connectivity index (χ4n) is 3.74. The minimum Gasteiger partial charge on any atom is -0.290 e. The normalized spacial score (nSPS) is 13.5. The summed E-state index contributed by atoms with van der Waals surface area (Å²) in [6.45, 7) is 0. The van der Waals surface area contributed by atoms with Crippen molar-refractivity contribution in [3.05, 3.63) is 58.7 Å². The van der Waals surface area contributed by atoms with Gasteiger partial charge >= 0.3 is 0 Å². The van der Waals surface area contributed by atoms with Crippen LogP contribution in [0.1, 0.15) is 22.7 Å². The first-order valence-corrected chi connectivity index (χ1v) is 9.05. The van der Waals surface area contributed by atoms with Gasteiger partial charge in [0, 0.05) is 16.1 Å². The molecule has 0 saturated carbocycles. The molecule has 0 spiro atoms. The van der Waals surface area contributed by atoms with Gasteiger partial charge in [-0.15, -0.1) is 11.3 Å². The van der Waals surface area contributed by atoms with Gasteiger partial charge in [-0.3, -0.25) is 4.40 Å². The maximum absolute atomic E-state index is 9.34. The molecule has 4 aromatic rings. The van der Waals surface area contributed by atoms with Crippen molar-refractivity contribution in [1.29, 1.82) is 5.26 Å². The number of fused-ring (bicyclic) bond motifs is 4. The van der Waals surface area contributed by atoms with Crippen LogP contribution in [-0.2, 0) is 19.3 Å². The molecule has 0 N–H and O–H groups in total. The largest absolute Gasteiger partial charge is 0.290 e. The highest BCUT2D eigenvalue weighted by atomic mass is 32.1. The number of hydrogen-bond acceptors (Lipinski definition) is 3. The molecule has 0 fully saturated rings. The Kier molecular flexibility index (Phi) is 2.97. The molecule has 0 radical (unpaired) electrons. The number of benzene rings is 2. The Balaban J connectivity index is 1.77. The number of imidazole rings is 1. The first kappa shape index (κ1) is 13.8. The maximum atomic E-state index is 9.34. The Morgan fingerprint density at radius 3 is 2.88 bits per heavy atom. The van der Waals surface area contributed by atoms with Crippen molar-refractivity contribution in [2.24, 2.45) is 0 Å². The lowest BCUT2D eigenvalue weighted by Gasteiger charge is -2.05. The van der Waals surface area contributed by atoms with Gasteiger partial charge in [0.15, 0.2) is 4.96 Å². The third-order valence-corrected chi connectivity index (χ3v) is 5.98. The van der Waals surface area contributed by atoms with Crippen molar-refractivity contribution >= 4 is 27.1 Å². The monoisotopic (exact) mass is 329 g/mol. The average molecular weight is 329 g/mol. The Morgan fingerprint density at radius 1 is 1.12 bits per heavy atom. The predicted molar refractivity (Wildman–Crippen MR) is 97.4 cm³/mol. The zero-order valence-corrected chi connectivity index (χ0v) is 13.9. The van der Waals surface area contributed by atoms with Crippen molar-refractivity contribution < 1.29 is 0 Å². The highest BCUT2D eigenvalue weighted by Crippen LogP contribution is 2.36. The van der Waals surface area contributed by atoms with Crippen LogP contribution < -0.4 is 0 Å². The highest BCUT2D eigenvalue weighted by molar-refractivity contribution is 7.17. The average Bonchev–Trinajstić information content (AvgIpc) is 3.26. The molecule has 2 aromatic heterocycles. The Morgan fingerprint density at radius 2 is 2.00 bits per heavy atom. The smallest absolute Gasteiger partial charge is 0.194 e. The summed E-state index contributed by atoms with van der Waals surface area (Å²) in [4.78, 5) is 7.38. The van der Waals surface area contributed by atoms with Crippen molar-refractivity contribution in [3.8, 4) is 17.3 Å². The summed E-state index contributed by atoms with van der Waals surface area (Å²) in [7, 11) is 0. The molecule has 0 unspecified atom stereocenters. The molecule has 0 bridgehead atoms. The lowest BCUT2D eigenvalue weighted by atomic mass is 10.0. The molecule has 2 aromatic carbocycles. The number of nitrogens with zero attached hydrogens (tertiary/aromatic N) is 3. The summed E-state index contributed by atoms with van der Waals surface area (Å²) in [6.07, 6.45) is 3.86. The quantitative estimate of drug-likeness (QED) is 0.531. The van der Waals surface area contributed by atoms with E-state index in [2.05, 4.69) is 52.9 Å². The lowest BCUT2D eigenvalue weighted by Crippen LogP contribution is -1.96. The molecule has 1 aliphatic carbocycles. The minimum absolute atomic E-state index is 0.395. The molecule has 0 aliphatic heterocycles. The second kappa shape index (κ2) is 5.19. The number of aryl methyl sites for hydroxylation is 2.